The van der Waals surface area contributed by atoms with Crippen molar-refractivity contribution in [3.8, 4) is 0 Å². The average molecular weight is 266 g/mol. The minimum Gasteiger partial charge on any atom is -0.481 e. The van der Waals surface area contributed by atoms with Gasteiger partial charge in [-0.3, -0.25) is 9.78 Å². The van der Waals surface area contributed by atoms with Gasteiger partial charge in [0.1, 0.15) is 11.7 Å². The van der Waals surface area contributed by atoms with Crippen LogP contribution in [0.15, 0.2) is 42.7 Å². The summed E-state index contributed by atoms with van der Waals surface area (Å²) in [6, 6.07) is 7.05. The van der Waals surface area contributed by atoms with Crippen molar-refractivity contribution in [2.24, 2.45) is 0 Å². The fourth-order valence-corrected chi connectivity index (χ4v) is 1.92. The summed E-state index contributed by atoms with van der Waals surface area (Å²) in [4.78, 5) is 15.2. The number of hydrogen-bond acceptors (Lipinski definition) is 2. The smallest absolute Gasteiger partial charge is 0.315 e. The Morgan fingerprint density at radius 3 is 2.78 bits per heavy atom. The highest BCUT2D eigenvalue weighted by Crippen LogP contribution is 2.28. The summed E-state index contributed by atoms with van der Waals surface area (Å²) >= 11 is 5.78. The summed E-state index contributed by atoms with van der Waals surface area (Å²) in [6.45, 7) is 0. The van der Waals surface area contributed by atoms with Gasteiger partial charge in [0.2, 0.25) is 0 Å². The lowest BCUT2D eigenvalue weighted by molar-refractivity contribution is -0.137. The lowest BCUT2D eigenvalue weighted by Gasteiger charge is -2.13. The number of aromatic nitrogens is 1. The lowest BCUT2D eigenvalue weighted by atomic mass is 9.92. The second kappa shape index (κ2) is 5.14. The molecule has 0 saturated carbocycles. The van der Waals surface area contributed by atoms with Crippen molar-refractivity contribution >= 4 is 17.6 Å². The van der Waals surface area contributed by atoms with Crippen LogP contribution in [0.4, 0.5) is 4.39 Å². The van der Waals surface area contributed by atoms with Crippen LogP contribution < -0.4 is 0 Å². The van der Waals surface area contributed by atoms with Crippen LogP contribution in [-0.4, -0.2) is 16.1 Å². The first-order valence-electron chi connectivity index (χ1n) is 5.17. The first kappa shape index (κ1) is 12.5. The highest BCUT2D eigenvalue weighted by atomic mass is 35.5. The third-order valence-electron chi connectivity index (χ3n) is 2.53. The van der Waals surface area contributed by atoms with E-state index in [-0.39, 0.29) is 5.56 Å². The van der Waals surface area contributed by atoms with Crippen LogP contribution in [0.25, 0.3) is 0 Å². The van der Waals surface area contributed by atoms with Gasteiger partial charge in [0, 0.05) is 23.0 Å². The maximum Gasteiger partial charge on any atom is 0.315 e. The molecule has 0 aliphatic rings. The Bertz CT molecular complexity index is 574. The Kier molecular flexibility index (Phi) is 3.58. The fourth-order valence-electron chi connectivity index (χ4n) is 1.74. The number of aliphatic carboxylic acids is 1. The highest BCUT2D eigenvalue weighted by Gasteiger charge is 2.25. The molecule has 92 valence electrons. The molecule has 0 aliphatic carbocycles. The normalized spacial score (nSPS) is 12.1. The molecule has 1 unspecified atom stereocenters. The summed E-state index contributed by atoms with van der Waals surface area (Å²) < 4.78 is 13.7. The number of halogens is 2. The largest absolute Gasteiger partial charge is 0.481 e. The second-order valence-electron chi connectivity index (χ2n) is 3.72. The number of carboxylic acid groups (broad SMARTS) is 1. The predicted molar refractivity (Wildman–Crippen MR) is 65.1 cm³/mol. The molecule has 0 saturated heterocycles. The van der Waals surface area contributed by atoms with Crippen LogP contribution in [0.3, 0.4) is 0 Å². The van der Waals surface area contributed by atoms with E-state index in [4.69, 9.17) is 11.6 Å². The molecule has 3 nitrogen and oxygen atoms in total. The van der Waals surface area contributed by atoms with Crippen molar-refractivity contribution < 1.29 is 14.3 Å². The van der Waals surface area contributed by atoms with E-state index in [0.717, 1.165) is 6.07 Å². The maximum atomic E-state index is 13.7. The third-order valence-corrected chi connectivity index (χ3v) is 2.77. The van der Waals surface area contributed by atoms with E-state index in [0.29, 0.717) is 10.6 Å². The number of rotatable bonds is 3. The van der Waals surface area contributed by atoms with Crippen LogP contribution in [0.1, 0.15) is 17.0 Å². The molecule has 2 aromatic rings. The Balaban J connectivity index is 2.55. The van der Waals surface area contributed by atoms with Gasteiger partial charge in [-0.15, -0.1) is 0 Å². The SMILES string of the molecule is O=C(O)C(c1cccnc1)c1cc(Cl)ccc1F. The number of nitrogens with zero attached hydrogens (tertiary/aromatic N) is 1. The summed E-state index contributed by atoms with van der Waals surface area (Å²) in [5, 5.41) is 9.55. The van der Waals surface area contributed by atoms with E-state index >= 15 is 0 Å². The van der Waals surface area contributed by atoms with Gasteiger partial charge in [0.25, 0.3) is 0 Å². The van der Waals surface area contributed by atoms with Gasteiger partial charge in [-0.1, -0.05) is 17.7 Å². The van der Waals surface area contributed by atoms with Gasteiger partial charge in [0.15, 0.2) is 0 Å². The molecule has 1 atom stereocenters. The number of benzene rings is 1. The Morgan fingerprint density at radius 2 is 2.17 bits per heavy atom. The molecule has 0 spiro atoms. The highest BCUT2D eigenvalue weighted by molar-refractivity contribution is 6.30. The van der Waals surface area contributed by atoms with Gasteiger partial charge in [-0.05, 0) is 29.8 Å². The van der Waals surface area contributed by atoms with Crippen LogP contribution in [0.2, 0.25) is 5.02 Å². The first-order chi connectivity index (χ1) is 8.59. The van der Waals surface area contributed by atoms with E-state index in [1.165, 1.54) is 24.5 Å². The van der Waals surface area contributed by atoms with Crippen molar-refractivity contribution in [1.82, 2.24) is 4.98 Å². The second-order valence-corrected chi connectivity index (χ2v) is 4.16. The number of hydrogen-bond donors (Lipinski definition) is 1. The molecule has 1 aromatic carbocycles. The summed E-state index contributed by atoms with van der Waals surface area (Å²) in [6.07, 6.45) is 2.93. The van der Waals surface area contributed by atoms with Crippen molar-refractivity contribution in [3.63, 3.8) is 0 Å². The van der Waals surface area contributed by atoms with E-state index in [1.807, 2.05) is 0 Å². The Morgan fingerprint density at radius 1 is 1.39 bits per heavy atom. The summed E-state index contributed by atoms with van der Waals surface area (Å²) in [7, 11) is 0. The molecule has 18 heavy (non-hydrogen) atoms. The molecule has 5 heteroatoms. The van der Waals surface area contributed by atoms with Gasteiger partial charge < -0.3 is 5.11 Å². The molecule has 0 bridgehead atoms. The van der Waals surface area contributed by atoms with Crippen molar-refractivity contribution in [2.75, 3.05) is 0 Å². The first-order valence-corrected chi connectivity index (χ1v) is 5.55. The van der Waals surface area contributed by atoms with Crippen LogP contribution in [-0.2, 0) is 4.79 Å². The van der Waals surface area contributed by atoms with Gasteiger partial charge in [-0.2, -0.15) is 0 Å². The van der Waals surface area contributed by atoms with Gasteiger partial charge in [0.05, 0.1) is 0 Å². The molecule has 1 aromatic heterocycles. The van der Waals surface area contributed by atoms with Crippen molar-refractivity contribution in [3.05, 3.63) is 64.7 Å². The maximum absolute atomic E-state index is 13.7. The van der Waals surface area contributed by atoms with Gasteiger partial charge >= 0.3 is 5.97 Å². The van der Waals surface area contributed by atoms with Crippen LogP contribution in [0, 0.1) is 5.82 Å². The zero-order valence-corrected chi connectivity index (χ0v) is 9.93. The molecule has 0 aliphatic heterocycles. The van der Waals surface area contributed by atoms with Crippen LogP contribution >= 0.6 is 11.6 Å². The third kappa shape index (κ3) is 2.49. The van der Waals surface area contributed by atoms with E-state index in [2.05, 4.69) is 4.98 Å². The minimum atomic E-state index is -1.15. The zero-order valence-electron chi connectivity index (χ0n) is 9.18. The molecule has 0 fully saturated rings. The summed E-state index contributed by atoms with van der Waals surface area (Å²) in [5.74, 6) is -2.86. The summed E-state index contributed by atoms with van der Waals surface area (Å²) in [5.41, 5.74) is 0.439. The van der Waals surface area contributed by atoms with E-state index in [1.54, 1.807) is 12.1 Å². The number of pyridine rings is 1. The van der Waals surface area contributed by atoms with Crippen molar-refractivity contribution in [1.29, 1.82) is 0 Å². The molecule has 0 radical (unpaired) electrons. The average Bonchev–Trinajstić information content (AvgIpc) is 2.35. The predicted octanol–water partition coefficient (Wildman–Crippen LogP) is 3.09. The minimum absolute atomic E-state index is 0.0306. The van der Waals surface area contributed by atoms with E-state index < -0.39 is 17.7 Å². The quantitative estimate of drug-likeness (QED) is 0.928. The monoisotopic (exact) mass is 265 g/mol. The Labute approximate surface area is 108 Å². The molecule has 1 N–H and O–H groups in total. The van der Waals surface area contributed by atoms with Crippen molar-refractivity contribution in [2.45, 2.75) is 5.92 Å². The Hall–Kier alpha value is -1.94. The molecule has 0 amide bonds. The molecular formula is C13H9ClFNO2. The molecule has 1 heterocycles. The zero-order chi connectivity index (χ0) is 13.1. The van der Waals surface area contributed by atoms with Gasteiger partial charge in [-0.25, -0.2) is 4.39 Å². The van der Waals surface area contributed by atoms with E-state index in [9.17, 15) is 14.3 Å². The number of carbonyl (C=O) groups is 1. The topological polar surface area (TPSA) is 50.2 Å². The number of carboxylic acids is 1. The molecular weight excluding hydrogens is 257 g/mol. The lowest BCUT2D eigenvalue weighted by Crippen LogP contribution is -2.14. The molecule has 2 rings (SSSR count). The standard InChI is InChI=1S/C13H9ClFNO2/c14-9-3-4-11(15)10(6-9)12(13(17)18)8-2-1-5-16-7-8/h1-7,12H,(H,17,18). The van der Waals surface area contributed by atoms with Crippen LogP contribution in [0.5, 0.6) is 0 Å². The fraction of sp³-hybridized carbons (Fsp3) is 0.0769.